The highest BCUT2D eigenvalue weighted by atomic mass is 32.2. The smallest absolute Gasteiger partial charge is 0.244 e. The van der Waals surface area contributed by atoms with Gasteiger partial charge in [-0.15, -0.1) is 0 Å². The summed E-state index contributed by atoms with van der Waals surface area (Å²) in [5, 5.41) is 13.1. The van der Waals surface area contributed by atoms with Gasteiger partial charge in [0.25, 0.3) is 0 Å². The lowest BCUT2D eigenvalue weighted by Gasteiger charge is -2.16. The Kier molecular flexibility index (Phi) is 5.73. The molecule has 1 atom stereocenters. The van der Waals surface area contributed by atoms with Crippen molar-refractivity contribution in [3.63, 3.8) is 0 Å². The van der Waals surface area contributed by atoms with E-state index in [0.29, 0.717) is 30.4 Å². The van der Waals surface area contributed by atoms with Crippen LogP contribution in [0.3, 0.4) is 0 Å². The fourth-order valence-corrected chi connectivity index (χ4v) is 3.48. The third-order valence-corrected chi connectivity index (χ3v) is 5.30. The van der Waals surface area contributed by atoms with Gasteiger partial charge in [0, 0.05) is 6.54 Å². The molecule has 1 heterocycles. The summed E-state index contributed by atoms with van der Waals surface area (Å²) >= 11 is 0. The SMILES string of the molecule is Cc1nn(CCO)c(C)c1S(=O)(=O)NCC(C)C(C)C. The minimum absolute atomic E-state index is 0.0702. The number of rotatable bonds is 7. The largest absolute Gasteiger partial charge is 0.394 e. The van der Waals surface area contributed by atoms with E-state index in [1.54, 1.807) is 13.8 Å². The van der Waals surface area contributed by atoms with Gasteiger partial charge >= 0.3 is 0 Å². The summed E-state index contributed by atoms with van der Waals surface area (Å²) in [5.74, 6) is 0.676. The molecule has 20 heavy (non-hydrogen) atoms. The van der Waals surface area contributed by atoms with Gasteiger partial charge in [0.05, 0.1) is 24.5 Å². The second kappa shape index (κ2) is 6.69. The highest BCUT2D eigenvalue weighted by molar-refractivity contribution is 7.89. The summed E-state index contributed by atoms with van der Waals surface area (Å²) < 4.78 is 29.0. The Balaban J connectivity index is 2.98. The number of hydrogen-bond donors (Lipinski definition) is 2. The molecule has 1 rings (SSSR count). The van der Waals surface area contributed by atoms with Crippen LogP contribution in [0, 0.1) is 25.7 Å². The van der Waals surface area contributed by atoms with Gasteiger partial charge in [0.2, 0.25) is 10.0 Å². The van der Waals surface area contributed by atoms with E-state index in [0.717, 1.165) is 0 Å². The average molecular weight is 303 g/mol. The number of nitrogens with zero attached hydrogens (tertiary/aromatic N) is 2. The lowest BCUT2D eigenvalue weighted by molar-refractivity contribution is 0.267. The molecular weight excluding hydrogens is 278 g/mol. The van der Waals surface area contributed by atoms with Crippen molar-refractivity contribution in [1.82, 2.24) is 14.5 Å². The first-order valence-corrected chi connectivity index (χ1v) is 8.33. The number of aromatic nitrogens is 2. The molecular formula is C13H25N3O3S. The fourth-order valence-electron chi connectivity index (χ4n) is 1.93. The van der Waals surface area contributed by atoms with Gasteiger partial charge in [-0.3, -0.25) is 4.68 Å². The van der Waals surface area contributed by atoms with E-state index >= 15 is 0 Å². The van der Waals surface area contributed by atoms with Gasteiger partial charge in [-0.05, 0) is 25.7 Å². The van der Waals surface area contributed by atoms with Gasteiger partial charge in [-0.2, -0.15) is 5.10 Å². The Labute approximate surface area is 121 Å². The molecule has 1 aromatic rings. The molecule has 2 N–H and O–H groups in total. The lowest BCUT2D eigenvalue weighted by atomic mass is 9.99. The number of aryl methyl sites for hydroxylation is 1. The predicted molar refractivity (Wildman–Crippen MR) is 78.0 cm³/mol. The number of hydrogen-bond acceptors (Lipinski definition) is 4. The highest BCUT2D eigenvalue weighted by Crippen LogP contribution is 2.19. The number of nitrogens with one attached hydrogen (secondary N) is 1. The number of aliphatic hydroxyl groups is 1. The zero-order chi connectivity index (χ0) is 15.5. The zero-order valence-corrected chi connectivity index (χ0v) is 13.7. The van der Waals surface area contributed by atoms with Gasteiger partial charge in [-0.1, -0.05) is 20.8 Å². The van der Waals surface area contributed by atoms with Crippen molar-refractivity contribution in [2.24, 2.45) is 11.8 Å². The van der Waals surface area contributed by atoms with Crippen LogP contribution in [0.15, 0.2) is 4.90 Å². The molecule has 0 amide bonds. The molecule has 0 aromatic carbocycles. The maximum absolute atomic E-state index is 12.4. The van der Waals surface area contributed by atoms with E-state index in [1.807, 2.05) is 6.92 Å². The average Bonchev–Trinajstić information content (AvgIpc) is 2.62. The van der Waals surface area contributed by atoms with Crippen molar-refractivity contribution in [2.75, 3.05) is 13.2 Å². The minimum Gasteiger partial charge on any atom is -0.394 e. The van der Waals surface area contributed by atoms with Gasteiger partial charge in [-0.25, -0.2) is 13.1 Å². The van der Waals surface area contributed by atoms with E-state index in [4.69, 9.17) is 5.11 Å². The molecule has 0 saturated heterocycles. The van der Waals surface area contributed by atoms with Crippen molar-refractivity contribution in [3.05, 3.63) is 11.4 Å². The Morgan fingerprint density at radius 1 is 1.30 bits per heavy atom. The predicted octanol–water partition coefficient (Wildman–Crippen LogP) is 1.06. The molecule has 0 spiro atoms. The fraction of sp³-hybridized carbons (Fsp3) is 0.769. The molecule has 6 nitrogen and oxygen atoms in total. The molecule has 0 radical (unpaired) electrons. The highest BCUT2D eigenvalue weighted by Gasteiger charge is 2.25. The molecule has 0 aliphatic heterocycles. The summed E-state index contributed by atoms with van der Waals surface area (Å²) in [5.41, 5.74) is 1.02. The van der Waals surface area contributed by atoms with Gasteiger partial charge in [0.15, 0.2) is 0 Å². The maximum atomic E-state index is 12.4. The topological polar surface area (TPSA) is 84.2 Å². The lowest BCUT2D eigenvalue weighted by Crippen LogP contribution is -2.31. The van der Waals surface area contributed by atoms with Crippen LogP contribution < -0.4 is 4.72 Å². The normalized spacial score (nSPS) is 13.9. The first kappa shape index (κ1) is 17.1. The third kappa shape index (κ3) is 3.80. The molecule has 0 bridgehead atoms. The van der Waals surface area contributed by atoms with E-state index in [9.17, 15) is 8.42 Å². The second-order valence-corrected chi connectivity index (χ2v) is 7.22. The molecule has 0 aliphatic rings. The van der Waals surface area contributed by atoms with E-state index in [-0.39, 0.29) is 17.4 Å². The molecule has 7 heteroatoms. The van der Waals surface area contributed by atoms with Gasteiger partial charge < -0.3 is 5.11 Å². The van der Waals surface area contributed by atoms with Crippen LogP contribution in [0.25, 0.3) is 0 Å². The molecule has 1 aromatic heterocycles. The Hall–Kier alpha value is -0.920. The monoisotopic (exact) mass is 303 g/mol. The summed E-state index contributed by atoms with van der Waals surface area (Å²) in [4.78, 5) is 0.224. The van der Waals surface area contributed by atoms with Crippen molar-refractivity contribution in [2.45, 2.75) is 46.1 Å². The second-order valence-electron chi connectivity index (χ2n) is 5.52. The van der Waals surface area contributed by atoms with E-state index in [1.165, 1.54) is 4.68 Å². The van der Waals surface area contributed by atoms with Crippen molar-refractivity contribution in [3.8, 4) is 0 Å². The summed E-state index contributed by atoms with van der Waals surface area (Å²) in [6.45, 7) is 10.1. The Bertz CT molecular complexity index is 549. The van der Waals surface area contributed by atoms with Crippen LogP contribution in [0.5, 0.6) is 0 Å². The van der Waals surface area contributed by atoms with Crippen molar-refractivity contribution in [1.29, 1.82) is 0 Å². The van der Waals surface area contributed by atoms with Crippen LogP contribution in [0.2, 0.25) is 0 Å². The first-order chi connectivity index (χ1) is 9.20. The molecule has 116 valence electrons. The van der Waals surface area contributed by atoms with E-state index in [2.05, 4.69) is 23.7 Å². The van der Waals surface area contributed by atoms with Crippen LogP contribution in [-0.2, 0) is 16.6 Å². The quantitative estimate of drug-likeness (QED) is 0.789. The van der Waals surface area contributed by atoms with Crippen LogP contribution in [-0.4, -0.2) is 36.5 Å². The zero-order valence-electron chi connectivity index (χ0n) is 12.8. The third-order valence-electron chi connectivity index (χ3n) is 3.63. The van der Waals surface area contributed by atoms with Crippen molar-refractivity contribution < 1.29 is 13.5 Å². The first-order valence-electron chi connectivity index (χ1n) is 6.85. The summed E-state index contributed by atoms with van der Waals surface area (Å²) in [6.07, 6.45) is 0. The molecule has 1 unspecified atom stereocenters. The Morgan fingerprint density at radius 2 is 1.90 bits per heavy atom. The summed E-state index contributed by atoms with van der Waals surface area (Å²) in [6, 6.07) is 0. The minimum atomic E-state index is -3.56. The summed E-state index contributed by atoms with van der Waals surface area (Å²) in [7, 11) is -3.56. The molecule has 0 aliphatic carbocycles. The van der Waals surface area contributed by atoms with Crippen LogP contribution in [0.4, 0.5) is 0 Å². The van der Waals surface area contributed by atoms with Crippen molar-refractivity contribution >= 4 is 10.0 Å². The van der Waals surface area contributed by atoms with Crippen LogP contribution >= 0.6 is 0 Å². The number of sulfonamides is 1. The molecule has 0 fully saturated rings. The standard InChI is InChI=1S/C13H25N3O3S/c1-9(2)10(3)8-14-20(18,19)13-11(4)15-16(6-7-17)12(13)5/h9-10,14,17H,6-8H2,1-5H3. The Morgan fingerprint density at radius 3 is 2.40 bits per heavy atom. The molecule has 0 saturated carbocycles. The van der Waals surface area contributed by atoms with Gasteiger partial charge in [0.1, 0.15) is 4.90 Å². The number of aliphatic hydroxyl groups excluding tert-OH is 1. The van der Waals surface area contributed by atoms with E-state index < -0.39 is 10.0 Å². The van der Waals surface area contributed by atoms with Crippen LogP contribution in [0.1, 0.15) is 32.2 Å². The maximum Gasteiger partial charge on any atom is 0.244 e.